The van der Waals surface area contributed by atoms with E-state index in [-0.39, 0.29) is 12.1 Å². The third kappa shape index (κ3) is 4.11. The average molecular weight is 329 g/mol. The highest BCUT2D eigenvalue weighted by molar-refractivity contribution is 5.74. The molecule has 128 valence electrons. The molecular weight excluding hydrogens is 306 g/mol. The van der Waals surface area contributed by atoms with Crippen molar-refractivity contribution in [3.63, 3.8) is 0 Å². The van der Waals surface area contributed by atoms with E-state index in [0.29, 0.717) is 32.8 Å². The Hall–Kier alpha value is -2.41. The number of carbonyl (C=O) groups is 1. The van der Waals surface area contributed by atoms with Gasteiger partial charge in [-0.3, -0.25) is 0 Å². The van der Waals surface area contributed by atoms with Crippen LogP contribution in [0, 0.1) is 0 Å². The molecule has 1 unspecified atom stereocenters. The van der Waals surface area contributed by atoms with Crippen LogP contribution in [0.3, 0.4) is 0 Å². The molecule has 3 rings (SSSR count). The van der Waals surface area contributed by atoms with E-state index in [1.807, 2.05) is 29.2 Å². The molecule has 0 saturated carbocycles. The number of morpholine rings is 1. The Morgan fingerprint density at radius 2 is 2.21 bits per heavy atom. The van der Waals surface area contributed by atoms with Gasteiger partial charge >= 0.3 is 6.03 Å². The van der Waals surface area contributed by atoms with Crippen molar-refractivity contribution in [1.29, 1.82) is 0 Å². The molecule has 1 aromatic carbocycles. The Bertz CT molecular complexity index is 659. The molecule has 1 atom stereocenters. The van der Waals surface area contributed by atoms with Crippen LogP contribution in [0.15, 0.2) is 36.9 Å². The van der Waals surface area contributed by atoms with Crippen LogP contribution in [0.5, 0.6) is 0 Å². The van der Waals surface area contributed by atoms with Gasteiger partial charge in [-0.25, -0.2) is 14.5 Å². The van der Waals surface area contributed by atoms with Gasteiger partial charge in [-0.2, -0.15) is 5.10 Å². The highest BCUT2D eigenvalue weighted by atomic mass is 16.5. The zero-order valence-electron chi connectivity index (χ0n) is 13.9. The first-order valence-corrected chi connectivity index (χ1v) is 8.30. The number of nitrogens with zero attached hydrogens (tertiary/aromatic N) is 4. The number of benzene rings is 1. The molecule has 2 aromatic rings. The van der Waals surface area contributed by atoms with Crippen molar-refractivity contribution in [3.05, 3.63) is 48.0 Å². The second-order valence-corrected chi connectivity index (χ2v) is 5.87. The SMILES string of the molecule is CCC1CN(C(=O)NCc2ccccc2Cn2cncn2)CCO1. The second-order valence-electron chi connectivity index (χ2n) is 5.87. The molecule has 2 heterocycles. The summed E-state index contributed by atoms with van der Waals surface area (Å²) in [6.45, 7) is 5.12. The Morgan fingerprint density at radius 3 is 2.96 bits per heavy atom. The molecule has 24 heavy (non-hydrogen) atoms. The van der Waals surface area contributed by atoms with E-state index >= 15 is 0 Å². The van der Waals surface area contributed by atoms with E-state index in [9.17, 15) is 4.79 Å². The molecule has 0 spiro atoms. The molecule has 2 amide bonds. The predicted octanol–water partition coefficient (Wildman–Crippen LogP) is 1.65. The lowest BCUT2D eigenvalue weighted by Gasteiger charge is -2.32. The summed E-state index contributed by atoms with van der Waals surface area (Å²) in [5, 5.41) is 7.15. The fourth-order valence-corrected chi connectivity index (χ4v) is 2.81. The molecular formula is C17H23N5O2. The van der Waals surface area contributed by atoms with Crippen LogP contribution in [0.1, 0.15) is 24.5 Å². The Morgan fingerprint density at radius 1 is 1.38 bits per heavy atom. The second kappa shape index (κ2) is 7.92. The van der Waals surface area contributed by atoms with Crippen molar-refractivity contribution in [2.75, 3.05) is 19.7 Å². The lowest BCUT2D eigenvalue weighted by atomic mass is 10.1. The van der Waals surface area contributed by atoms with Gasteiger partial charge in [0.2, 0.25) is 0 Å². The molecule has 0 bridgehead atoms. The predicted molar refractivity (Wildman–Crippen MR) is 89.4 cm³/mol. The molecule has 1 N–H and O–H groups in total. The maximum Gasteiger partial charge on any atom is 0.317 e. The van der Waals surface area contributed by atoms with E-state index in [4.69, 9.17) is 4.74 Å². The van der Waals surface area contributed by atoms with Gasteiger partial charge in [0.25, 0.3) is 0 Å². The topological polar surface area (TPSA) is 72.3 Å². The summed E-state index contributed by atoms with van der Waals surface area (Å²) >= 11 is 0. The van der Waals surface area contributed by atoms with E-state index < -0.39 is 0 Å². The molecule has 0 radical (unpaired) electrons. The van der Waals surface area contributed by atoms with Crippen molar-refractivity contribution in [1.82, 2.24) is 25.0 Å². The van der Waals surface area contributed by atoms with Crippen molar-refractivity contribution < 1.29 is 9.53 Å². The molecule has 1 aromatic heterocycles. The number of ether oxygens (including phenoxy) is 1. The molecule has 7 nitrogen and oxygen atoms in total. The first kappa shape index (κ1) is 16.4. The summed E-state index contributed by atoms with van der Waals surface area (Å²) in [7, 11) is 0. The largest absolute Gasteiger partial charge is 0.375 e. The molecule has 0 aliphatic carbocycles. The summed E-state index contributed by atoms with van der Waals surface area (Å²) in [4.78, 5) is 18.2. The summed E-state index contributed by atoms with van der Waals surface area (Å²) < 4.78 is 7.38. The van der Waals surface area contributed by atoms with Crippen LogP contribution in [-0.2, 0) is 17.8 Å². The fourth-order valence-electron chi connectivity index (χ4n) is 2.81. The minimum Gasteiger partial charge on any atom is -0.375 e. The van der Waals surface area contributed by atoms with Gasteiger partial charge in [-0.1, -0.05) is 31.2 Å². The standard InChI is InChI=1S/C17H23N5O2/c1-2-16-11-21(7-8-24-16)17(23)19-9-14-5-3-4-6-15(14)10-22-13-18-12-20-22/h3-6,12-13,16H,2,7-11H2,1H3,(H,19,23). The smallest absolute Gasteiger partial charge is 0.317 e. The first-order valence-electron chi connectivity index (χ1n) is 8.30. The third-order valence-corrected chi connectivity index (χ3v) is 4.23. The number of urea groups is 1. The van der Waals surface area contributed by atoms with Gasteiger partial charge in [0.1, 0.15) is 12.7 Å². The zero-order valence-corrected chi connectivity index (χ0v) is 13.9. The number of amides is 2. The number of hydrogen-bond donors (Lipinski definition) is 1. The van der Waals surface area contributed by atoms with Crippen molar-refractivity contribution in [3.8, 4) is 0 Å². The average Bonchev–Trinajstić information content (AvgIpc) is 3.14. The minimum atomic E-state index is -0.0349. The number of aromatic nitrogens is 3. The first-order chi connectivity index (χ1) is 11.8. The van der Waals surface area contributed by atoms with Crippen molar-refractivity contribution >= 4 is 6.03 Å². The highest BCUT2D eigenvalue weighted by Gasteiger charge is 2.22. The summed E-state index contributed by atoms with van der Waals surface area (Å²) in [5.74, 6) is 0. The number of carbonyl (C=O) groups excluding carboxylic acids is 1. The Labute approximate surface area is 141 Å². The van der Waals surface area contributed by atoms with Crippen molar-refractivity contribution in [2.24, 2.45) is 0 Å². The number of hydrogen-bond acceptors (Lipinski definition) is 4. The van der Waals surface area contributed by atoms with E-state index in [1.54, 1.807) is 11.0 Å². The fraction of sp³-hybridized carbons (Fsp3) is 0.471. The van der Waals surface area contributed by atoms with E-state index in [0.717, 1.165) is 17.5 Å². The molecule has 7 heteroatoms. The maximum atomic E-state index is 12.4. The van der Waals surface area contributed by atoms with E-state index in [2.05, 4.69) is 22.3 Å². The Kier molecular flexibility index (Phi) is 5.43. The van der Waals surface area contributed by atoms with E-state index in [1.165, 1.54) is 6.33 Å². The number of nitrogens with one attached hydrogen (secondary N) is 1. The van der Waals surface area contributed by atoms with Crippen LogP contribution in [0.2, 0.25) is 0 Å². The molecule has 1 saturated heterocycles. The minimum absolute atomic E-state index is 0.0349. The van der Waals surface area contributed by atoms with Gasteiger partial charge in [0, 0.05) is 19.6 Å². The highest BCUT2D eigenvalue weighted by Crippen LogP contribution is 2.11. The lowest BCUT2D eigenvalue weighted by Crippen LogP contribution is -2.49. The molecule has 1 fully saturated rings. The van der Waals surface area contributed by atoms with Crippen LogP contribution in [0.25, 0.3) is 0 Å². The normalized spacial score (nSPS) is 17.7. The zero-order chi connectivity index (χ0) is 16.8. The summed E-state index contributed by atoms with van der Waals surface area (Å²) in [5.41, 5.74) is 2.21. The monoisotopic (exact) mass is 329 g/mol. The van der Waals surface area contributed by atoms with Crippen LogP contribution in [0.4, 0.5) is 4.79 Å². The quantitative estimate of drug-likeness (QED) is 0.905. The number of rotatable bonds is 5. The van der Waals surface area contributed by atoms with Crippen LogP contribution in [-0.4, -0.2) is 51.5 Å². The Balaban J connectivity index is 1.59. The molecule has 1 aliphatic rings. The van der Waals surface area contributed by atoms with Gasteiger partial charge < -0.3 is 15.0 Å². The van der Waals surface area contributed by atoms with Gasteiger partial charge in [-0.15, -0.1) is 0 Å². The van der Waals surface area contributed by atoms with Crippen molar-refractivity contribution in [2.45, 2.75) is 32.5 Å². The maximum absolute atomic E-state index is 12.4. The van der Waals surface area contributed by atoms with Crippen LogP contribution < -0.4 is 5.32 Å². The van der Waals surface area contributed by atoms with Gasteiger partial charge in [-0.05, 0) is 17.5 Å². The van der Waals surface area contributed by atoms with Gasteiger partial charge in [0.05, 0.1) is 19.3 Å². The van der Waals surface area contributed by atoms with Crippen LogP contribution >= 0.6 is 0 Å². The third-order valence-electron chi connectivity index (χ3n) is 4.23. The summed E-state index contributed by atoms with van der Waals surface area (Å²) in [6.07, 6.45) is 4.27. The lowest BCUT2D eigenvalue weighted by molar-refractivity contribution is -0.0154. The van der Waals surface area contributed by atoms with Gasteiger partial charge in [0.15, 0.2) is 0 Å². The molecule has 1 aliphatic heterocycles. The summed E-state index contributed by atoms with van der Waals surface area (Å²) in [6, 6.07) is 8.01.